The van der Waals surface area contributed by atoms with Crippen molar-refractivity contribution in [3.8, 4) is 11.5 Å². The number of piperidine rings is 1. The van der Waals surface area contributed by atoms with Crippen molar-refractivity contribution in [1.82, 2.24) is 20.2 Å². The molecule has 9 nitrogen and oxygen atoms in total. The molecule has 1 saturated heterocycles. The molecule has 2 aliphatic rings. The zero-order chi connectivity index (χ0) is 27.2. The van der Waals surface area contributed by atoms with Crippen LogP contribution in [0.25, 0.3) is 0 Å². The summed E-state index contributed by atoms with van der Waals surface area (Å²) in [6.45, 7) is 5.63. The summed E-state index contributed by atoms with van der Waals surface area (Å²) in [4.78, 5) is 37.6. The maximum absolute atomic E-state index is 12.8. The average Bonchev–Trinajstić information content (AvgIpc) is 2.91. The van der Waals surface area contributed by atoms with E-state index in [0.29, 0.717) is 54.1 Å². The van der Waals surface area contributed by atoms with Crippen molar-refractivity contribution in [2.24, 2.45) is 0 Å². The van der Waals surface area contributed by atoms with E-state index in [-0.39, 0.29) is 18.5 Å². The van der Waals surface area contributed by atoms with Gasteiger partial charge in [-0.15, -0.1) is 0 Å². The van der Waals surface area contributed by atoms with E-state index < -0.39 is 0 Å². The highest BCUT2D eigenvalue weighted by molar-refractivity contribution is 6.30. The first-order chi connectivity index (χ1) is 18.9. The molecule has 5 rings (SSSR count). The molecule has 2 aliphatic heterocycles. The van der Waals surface area contributed by atoms with E-state index in [0.717, 1.165) is 43.1 Å². The molecule has 1 amide bonds. The molecule has 39 heavy (non-hydrogen) atoms. The van der Waals surface area contributed by atoms with Crippen LogP contribution in [-0.2, 0) is 9.59 Å². The third-order valence-corrected chi connectivity index (χ3v) is 7.22. The van der Waals surface area contributed by atoms with Crippen LogP contribution in [0.15, 0.2) is 54.7 Å². The predicted molar refractivity (Wildman–Crippen MR) is 152 cm³/mol. The minimum absolute atomic E-state index is 0.0110. The second kappa shape index (κ2) is 12.4. The van der Waals surface area contributed by atoms with Crippen molar-refractivity contribution in [2.75, 3.05) is 49.5 Å². The fourth-order valence-corrected chi connectivity index (χ4v) is 5.12. The van der Waals surface area contributed by atoms with Gasteiger partial charge in [-0.1, -0.05) is 23.7 Å². The summed E-state index contributed by atoms with van der Waals surface area (Å²) in [7, 11) is 0. The number of carbonyl (C=O) groups is 2. The third-order valence-electron chi connectivity index (χ3n) is 6.98. The Balaban J connectivity index is 1.20. The molecule has 2 aromatic carbocycles. The summed E-state index contributed by atoms with van der Waals surface area (Å²) in [6, 6.07) is 15.1. The van der Waals surface area contributed by atoms with Crippen molar-refractivity contribution < 1.29 is 14.3 Å². The molecule has 3 aromatic rings. The highest BCUT2D eigenvalue weighted by Crippen LogP contribution is 2.35. The quantitative estimate of drug-likeness (QED) is 0.406. The van der Waals surface area contributed by atoms with Crippen molar-refractivity contribution in [2.45, 2.75) is 32.2 Å². The van der Waals surface area contributed by atoms with Crippen LogP contribution in [0.5, 0.6) is 11.5 Å². The number of halogens is 1. The lowest BCUT2D eigenvalue weighted by atomic mass is 10.00. The Hall–Kier alpha value is -3.69. The van der Waals surface area contributed by atoms with Gasteiger partial charge in [0.2, 0.25) is 5.91 Å². The van der Waals surface area contributed by atoms with E-state index in [1.54, 1.807) is 6.07 Å². The number of hydrogen-bond acceptors (Lipinski definition) is 8. The lowest BCUT2D eigenvalue weighted by Crippen LogP contribution is -2.44. The number of ketones is 1. The number of likely N-dealkylation sites (tertiary alicyclic amines) is 1. The Morgan fingerprint density at radius 1 is 1.10 bits per heavy atom. The number of aromatic nitrogens is 2. The van der Waals surface area contributed by atoms with Crippen LogP contribution in [0.2, 0.25) is 5.02 Å². The number of aryl methyl sites for hydroxylation is 1. The first-order valence-electron chi connectivity index (χ1n) is 13.3. The SMILES string of the molecule is Cc1ncc2c(n1)N(CC(=O)NCCN1CCC(=O)CC1)CCC2Nc1cccc(Oc2cccc(Cl)c2)c1. The normalized spacial score (nSPS) is 17.4. The molecule has 0 bridgehead atoms. The molecule has 10 heteroatoms. The van der Waals surface area contributed by atoms with E-state index in [1.165, 1.54) is 0 Å². The minimum atomic E-state index is -0.0393. The molecule has 0 radical (unpaired) electrons. The number of rotatable bonds is 9. The van der Waals surface area contributed by atoms with Crippen LogP contribution < -0.4 is 20.3 Å². The number of anilines is 2. The lowest BCUT2D eigenvalue weighted by molar-refractivity contribution is -0.122. The van der Waals surface area contributed by atoms with E-state index in [9.17, 15) is 9.59 Å². The number of nitrogens with one attached hydrogen (secondary N) is 2. The van der Waals surface area contributed by atoms with Crippen LogP contribution >= 0.6 is 11.6 Å². The number of Topliss-reactive ketones (excluding diaryl/α,β-unsaturated/α-hetero) is 1. The number of amides is 1. The van der Waals surface area contributed by atoms with E-state index >= 15 is 0 Å². The largest absolute Gasteiger partial charge is 0.457 e. The van der Waals surface area contributed by atoms with Gasteiger partial charge in [-0.05, 0) is 43.7 Å². The number of nitrogens with zero attached hydrogens (tertiary/aromatic N) is 4. The van der Waals surface area contributed by atoms with Crippen LogP contribution in [-0.4, -0.2) is 65.8 Å². The third kappa shape index (κ3) is 7.25. The number of ether oxygens (including phenoxy) is 1. The van der Waals surface area contributed by atoms with E-state index in [1.807, 2.05) is 60.5 Å². The molecular formula is C29H33ClN6O3. The Labute approximate surface area is 233 Å². The zero-order valence-electron chi connectivity index (χ0n) is 22.0. The van der Waals surface area contributed by atoms with Crippen molar-refractivity contribution in [3.05, 3.63) is 71.1 Å². The summed E-state index contributed by atoms with van der Waals surface area (Å²) >= 11 is 6.09. The predicted octanol–water partition coefficient (Wildman–Crippen LogP) is 4.38. The monoisotopic (exact) mass is 548 g/mol. The van der Waals surface area contributed by atoms with Gasteiger partial charge in [0.25, 0.3) is 0 Å². The van der Waals surface area contributed by atoms with Crippen LogP contribution in [0.1, 0.15) is 36.7 Å². The Morgan fingerprint density at radius 3 is 2.67 bits per heavy atom. The highest BCUT2D eigenvalue weighted by Gasteiger charge is 2.28. The summed E-state index contributed by atoms with van der Waals surface area (Å²) in [5.41, 5.74) is 1.87. The number of hydrogen-bond donors (Lipinski definition) is 2. The zero-order valence-corrected chi connectivity index (χ0v) is 22.8. The molecule has 0 aliphatic carbocycles. The summed E-state index contributed by atoms with van der Waals surface area (Å²) in [5.74, 6) is 3.10. The maximum Gasteiger partial charge on any atom is 0.239 e. The number of benzene rings is 2. The van der Waals surface area contributed by atoms with Gasteiger partial charge >= 0.3 is 0 Å². The van der Waals surface area contributed by atoms with Gasteiger partial charge in [0.05, 0.1) is 12.6 Å². The Kier molecular flexibility index (Phi) is 8.58. The van der Waals surface area contributed by atoms with Gasteiger partial charge in [0.15, 0.2) is 0 Å². The first kappa shape index (κ1) is 26.9. The van der Waals surface area contributed by atoms with Crippen LogP contribution in [0, 0.1) is 6.92 Å². The Bertz CT molecular complexity index is 1330. The molecule has 2 N–H and O–H groups in total. The van der Waals surface area contributed by atoms with Gasteiger partial charge in [-0.3, -0.25) is 9.59 Å². The van der Waals surface area contributed by atoms with Gasteiger partial charge in [0, 0.05) is 74.1 Å². The van der Waals surface area contributed by atoms with Gasteiger partial charge < -0.3 is 25.2 Å². The molecule has 0 saturated carbocycles. The summed E-state index contributed by atoms with van der Waals surface area (Å²) < 4.78 is 5.99. The fourth-order valence-electron chi connectivity index (χ4n) is 4.94. The van der Waals surface area contributed by atoms with Crippen molar-refractivity contribution >= 4 is 34.8 Å². The summed E-state index contributed by atoms with van der Waals surface area (Å²) in [6.07, 6.45) is 3.84. The maximum atomic E-state index is 12.8. The summed E-state index contributed by atoms with van der Waals surface area (Å²) in [5, 5.41) is 7.24. The molecule has 0 spiro atoms. The Morgan fingerprint density at radius 2 is 1.87 bits per heavy atom. The molecule has 1 aromatic heterocycles. The highest BCUT2D eigenvalue weighted by atomic mass is 35.5. The smallest absolute Gasteiger partial charge is 0.239 e. The standard InChI is InChI=1S/C29H33ClN6O3/c1-20-32-18-26-27(34-22-5-3-7-25(17-22)39-24-6-2-4-21(30)16-24)10-14-36(29(26)33-20)19-28(38)31-11-15-35-12-8-23(37)9-13-35/h2-7,16-18,27,34H,8-15,19H2,1H3,(H,31,38). The second-order valence-corrected chi connectivity index (χ2v) is 10.4. The van der Waals surface area contributed by atoms with Crippen molar-refractivity contribution in [1.29, 1.82) is 0 Å². The second-order valence-electron chi connectivity index (χ2n) is 9.92. The van der Waals surface area contributed by atoms with Gasteiger partial charge in [-0.25, -0.2) is 9.97 Å². The molecular weight excluding hydrogens is 516 g/mol. The molecule has 3 heterocycles. The first-order valence-corrected chi connectivity index (χ1v) is 13.7. The molecule has 1 unspecified atom stereocenters. The van der Waals surface area contributed by atoms with E-state index in [4.69, 9.17) is 21.3 Å². The van der Waals surface area contributed by atoms with Crippen LogP contribution in [0.4, 0.5) is 11.5 Å². The fraction of sp³-hybridized carbons (Fsp3) is 0.379. The molecule has 1 fully saturated rings. The van der Waals surface area contributed by atoms with Crippen LogP contribution in [0.3, 0.4) is 0 Å². The molecule has 1 atom stereocenters. The topological polar surface area (TPSA) is 99.7 Å². The minimum Gasteiger partial charge on any atom is -0.457 e. The number of carbonyl (C=O) groups excluding carboxylic acids is 2. The van der Waals surface area contributed by atoms with Gasteiger partial charge in [0.1, 0.15) is 28.9 Å². The van der Waals surface area contributed by atoms with E-state index in [2.05, 4.69) is 20.5 Å². The van der Waals surface area contributed by atoms with Gasteiger partial charge in [-0.2, -0.15) is 0 Å². The number of fused-ring (bicyclic) bond motifs is 1. The average molecular weight is 549 g/mol. The lowest BCUT2D eigenvalue weighted by Gasteiger charge is -2.35. The molecule has 204 valence electrons. The van der Waals surface area contributed by atoms with Crippen molar-refractivity contribution in [3.63, 3.8) is 0 Å².